The fourth-order valence-corrected chi connectivity index (χ4v) is 15.9. The van der Waals surface area contributed by atoms with E-state index in [0.717, 1.165) is 38.9 Å². The zero-order valence-corrected chi connectivity index (χ0v) is 72.6. The van der Waals surface area contributed by atoms with Crippen LogP contribution in [0.5, 0.6) is 0 Å². The number of nitrogens with zero attached hydrogens (tertiary/aromatic N) is 3. The Morgan fingerprint density at radius 1 is 0.280 bits per heavy atom. The molecule has 132 heavy (non-hydrogen) atoms. The minimum atomic E-state index is -2.13. The van der Waals surface area contributed by atoms with E-state index in [9.17, 15) is 15.1 Å². The Morgan fingerprint density at radius 3 is 0.947 bits per heavy atom. The molecule has 0 unspecified atom stereocenters. The van der Waals surface area contributed by atoms with Gasteiger partial charge in [0, 0.05) is 18.9 Å². The fraction of sp³-hybridized carbons (Fsp3) is 0.317. The molecule has 0 saturated carbocycles. The Balaban J connectivity index is 0.889. The van der Waals surface area contributed by atoms with Crippen LogP contribution in [0.25, 0.3) is 10.4 Å². The second kappa shape index (κ2) is 48.6. The lowest BCUT2D eigenvalue weighted by Gasteiger charge is -2.51. The number of methoxy groups -OCH3 is 1. The molecule has 684 valence electrons. The summed E-state index contributed by atoms with van der Waals surface area (Å²) in [6, 6.07) is 96.2. The van der Waals surface area contributed by atoms with Crippen LogP contribution in [0.15, 0.2) is 339 Å². The number of azide groups is 1. The summed E-state index contributed by atoms with van der Waals surface area (Å²) in [7, 11) is 1.32. The quantitative estimate of drug-likeness (QED) is 0.0113. The molecule has 0 spiro atoms. The van der Waals surface area contributed by atoms with Gasteiger partial charge in [0.15, 0.2) is 43.5 Å². The van der Waals surface area contributed by atoms with E-state index in [1.54, 1.807) is 84.9 Å². The van der Waals surface area contributed by atoms with Gasteiger partial charge in [0.25, 0.3) is 0 Å². The molecule has 15 rings (SSSR count). The zero-order valence-electron chi connectivity index (χ0n) is 72.6. The van der Waals surface area contributed by atoms with Gasteiger partial charge in [-0.2, -0.15) is 0 Å². The Labute approximate surface area is 764 Å². The van der Waals surface area contributed by atoms with Crippen LogP contribution in [0.1, 0.15) is 87.3 Å². The standard InChI is InChI=1S/C104H103N3O25/c1-69(108)115-66-82-86(116-59-71-38-16-4-17-39-71)92(119-62-74-44-22-7-23-45-74)95(121-64-76-48-26-9-27-49-76)103(126-82)131-88-81(65-114-58-70-36-14-3-15-37-70)124-101(113-2)85(106-107-105)90(88)132-104-96(130-100(112)80-56-34-13-35-57-80)93(129-99(111)79-54-32-12-33-55-79)89(128-98(110)78-52-30-11-31-53-78)84(127-104)68-123-102-94(120-63-75-46-24-8-25-47-75)91(118-61-73-42-20-6-21-43-73)87(117-60-72-40-18-5-19-41-72)83(125-102)67-122-97(109)77-50-28-10-29-51-77/h3-57,81-96,101-104H,58-68H2,1-2H3/t81-,82-,83-,84-,85-,86-,87-,88+,89-,90-,91+,92+,93+,94-,95-,96-,101+,102+,103-,104+/m1/s1. The van der Waals surface area contributed by atoms with Gasteiger partial charge in [0.05, 0.1) is 81.7 Å². The first-order valence-electron chi connectivity index (χ1n) is 43.7. The van der Waals surface area contributed by atoms with E-state index < -0.39 is 172 Å². The predicted octanol–water partition coefficient (Wildman–Crippen LogP) is 15.8. The van der Waals surface area contributed by atoms with Crippen LogP contribution in [-0.2, 0) is 146 Å². The van der Waals surface area contributed by atoms with Crippen LogP contribution in [0, 0.1) is 0 Å². The molecule has 0 bridgehead atoms. The van der Waals surface area contributed by atoms with E-state index >= 15 is 14.4 Å². The number of benzene rings is 11. The van der Waals surface area contributed by atoms with E-state index in [-0.39, 0.29) is 75.1 Å². The molecule has 0 amide bonds. The molecule has 11 aromatic carbocycles. The largest absolute Gasteiger partial charge is 0.463 e. The minimum absolute atomic E-state index is 0.000915. The highest BCUT2D eigenvalue weighted by atomic mass is 16.8. The second-order valence-corrected chi connectivity index (χ2v) is 31.7. The van der Waals surface area contributed by atoms with Crippen LogP contribution >= 0.6 is 0 Å². The number of esters is 5. The Hall–Kier alpha value is -12.5. The third kappa shape index (κ3) is 26.0. The van der Waals surface area contributed by atoms with Gasteiger partial charge in [-0.25, -0.2) is 19.2 Å². The van der Waals surface area contributed by atoms with E-state index in [1.165, 1.54) is 50.4 Å². The molecule has 0 radical (unpaired) electrons. The van der Waals surface area contributed by atoms with Crippen LogP contribution in [0.2, 0.25) is 0 Å². The highest BCUT2D eigenvalue weighted by Crippen LogP contribution is 2.42. The lowest BCUT2D eigenvalue weighted by atomic mass is 9.94. The van der Waals surface area contributed by atoms with E-state index in [4.69, 9.17) is 94.7 Å². The van der Waals surface area contributed by atoms with Crippen molar-refractivity contribution in [3.63, 3.8) is 0 Å². The summed E-state index contributed by atoms with van der Waals surface area (Å²) in [6.45, 7) is -0.864. The molecule has 0 N–H and O–H groups in total. The monoisotopic (exact) mass is 1790 g/mol. The predicted molar refractivity (Wildman–Crippen MR) is 477 cm³/mol. The molecule has 4 aliphatic heterocycles. The Morgan fingerprint density at radius 2 is 0.568 bits per heavy atom. The normalized spacial score (nSPS) is 25.1. The van der Waals surface area contributed by atoms with Gasteiger partial charge in [-0.3, -0.25) is 4.79 Å². The maximum Gasteiger partial charge on any atom is 0.338 e. The lowest BCUT2D eigenvalue weighted by Crippen LogP contribution is -2.68. The van der Waals surface area contributed by atoms with Crippen molar-refractivity contribution in [3.05, 3.63) is 405 Å². The minimum Gasteiger partial charge on any atom is -0.463 e. The van der Waals surface area contributed by atoms with Crippen molar-refractivity contribution < 1.29 is 119 Å². The van der Waals surface area contributed by atoms with Crippen molar-refractivity contribution in [2.45, 2.75) is 176 Å². The summed E-state index contributed by atoms with van der Waals surface area (Å²) in [4.78, 5) is 77.5. The summed E-state index contributed by atoms with van der Waals surface area (Å²) in [5.74, 6) is -4.34. The van der Waals surface area contributed by atoms with Crippen molar-refractivity contribution in [3.8, 4) is 0 Å². The summed E-state index contributed by atoms with van der Waals surface area (Å²) in [5.41, 5.74) is 16.7. The fourth-order valence-electron chi connectivity index (χ4n) is 15.9. The molecule has 4 aliphatic rings. The highest BCUT2D eigenvalue weighted by molar-refractivity contribution is 5.91. The van der Waals surface area contributed by atoms with Crippen molar-refractivity contribution >= 4 is 29.8 Å². The summed E-state index contributed by atoms with van der Waals surface area (Å²) >= 11 is 0. The van der Waals surface area contributed by atoms with Gasteiger partial charge in [-0.05, 0) is 93.0 Å². The molecular weight excluding hydrogens is 1690 g/mol. The molecule has 28 nitrogen and oxygen atoms in total. The van der Waals surface area contributed by atoms with Gasteiger partial charge in [0.1, 0.15) is 92.5 Å². The third-order valence-electron chi connectivity index (χ3n) is 22.5. The number of ether oxygens (including phenoxy) is 20. The molecule has 4 heterocycles. The number of carbonyl (C=O) groups excluding carboxylic acids is 5. The molecular formula is C104H103N3O25. The summed E-state index contributed by atoms with van der Waals surface area (Å²) in [6.07, 6.45) is -29.3. The average Bonchev–Trinajstić information content (AvgIpc) is 0.754. The number of hydrogen-bond acceptors (Lipinski definition) is 26. The lowest BCUT2D eigenvalue weighted by molar-refractivity contribution is -0.381. The first-order chi connectivity index (χ1) is 64.9. The van der Waals surface area contributed by atoms with Gasteiger partial charge in [-0.15, -0.1) is 0 Å². The first kappa shape index (κ1) is 94.1. The van der Waals surface area contributed by atoms with Gasteiger partial charge >= 0.3 is 29.8 Å². The molecule has 0 aromatic heterocycles. The highest BCUT2D eigenvalue weighted by Gasteiger charge is 2.60. The summed E-state index contributed by atoms with van der Waals surface area (Å²) < 4.78 is 139. The Bertz CT molecular complexity index is 5390. The average molecular weight is 1790 g/mol. The van der Waals surface area contributed by atoms with Crippen LogP contribution < -0.4 is 0 Å². The van der Waals surface area contributed by atoms with E-state index in [0.29, 0.717) is 0 Å². The second-order valence-electron chi connectivity index (χ2n) is 31.7. The first-order valence-corrected chi connectivity index (χ1v) is 43.7. The van der Waals surface area contributed by atoms with Gasteiger partial charge in [-0.1, -0.05) is 290 Å². The molecule has 11 aromatic rings. The SMILES string of the molecule is CO[C@H]1O[C@H](COCc2ccccc2)[C@H](O[C@H]2O[C@H](COC(C)=O)[C@@H](OCc3ccccc3)[C@H](OCc3ccccc3)[C@H]2OCc2ccccc2)[C@H](O[C@@H]2O[C@H](CO[C@H]3O[C@H](COC(=O)c4ccccc4)[C@@H](OCc4ccccc4)[C@H](OCc4ccccc4)[C@H]3OCc3ccccc3)[C@@H](OC(=O)c3ccccc3)[C@H](OC(=O)c3ccccc3)[C@H]2OC(=O)c2ccccc2)[C@H]1N=[N+]=[N-]. The van der Waals surface area contributed by atoms with E-state index in [1.807, 2.05) is 212 Å². The van der Waals surface area contributed by atoms with Crippen LogP contribution in [0.3, 0.4) is 0 Å². The van der Waals surface area contributed by atoms with Crippen LogP contribution in [0.4, 0.5) is 0 Å². The molecule has 0 aliphatic carbocycles. The van der Waals surface area contributed by atoms with Crippen molar-refractivity contribution in [2.75, 3.05) is 33.5 Å². The molecule has 28 heteroatoms. The third-order valence-corrected chi connectivity index (χ3v) is 22.5. The number of hydrogen-bond donors (Lipinski definition) is 0. The van der Waals surface area contributed by atoms with Crippen molar-refractivity contribution in [1.82, 2.24) is 0 Å². The van der Waals surface area contributed by atoms with Gasteiger partial charge in [0.2, 0.25) is 0 Å². The number of rotatable bonds is 42. The van der Waals surface area contributed by atoms with Crippen molar-refractivity contribution in [1.29, 1.82) is 0 Å². The van der Waals surface area contributed by atoms with Crippen molar-refractivity contribution in [2.24, 2.45) is 5.11 Å². The summed E-state index contributed by atoms with van der Waals surface area (Å²) in [5, 5.41) is 4.40. The van der Waals surface area contributed by atoms with Crippen LogP contribution in [-0.4, -0.2) is 186 Å². The Kier molecular flexibility index (Phi) is 34.6. The smallest absolute Gasteiger partial charge is 0.338 e. The topological polar surface area (TPSA) is 319 Å². The van der Waals surface area contributed by atoms with Gasteiger partial charge < -0.3 is 94.7 Å². The maximum atomic E-state index is 15.6. The zero-order chi connectivity index (χ0) is 91.0. The molecule has 4 fully saturated rings. The molecule has 20 atom stereocenters. The van der Waals surface area contributed by atoms with E-state index in [2.05, 4.69) is 10.0 Å². The molecule has 4 saturated heterocycles. The maximum absolute atomic E-state index is 15.6. The number of carbonyl (C=O) groups is 5.